The molecule has 52 heavy (non-hydrogen) atoms. The van der Waals surface area contributed by atoms with E-state index in [0.717, 1.165) is 39.2 Å². The third kappa shape index (κ3) is 4.49. The highest BCUT2D eigenvalue weighted by molar-refractivity contribution is 7.01. The lowest BCUT2D eigenvalue weighted by atomic mass is 9.67. The molecule has 7 aromatic carbocycles. The first-order chi connectivity index (χ1) is 25.9. The summed E-state index contributed by atoms with van der Waals surface area (Å²) in [7, 11) is -2.12. The van der Waals surface area contributed by atoms with E-state index in [2.05, 4.69) is 153 Å². The van der Waals surface area contributed by atoms with E-state index in [1.54, 1.807) is 0 Å². The fourth-order valence-corrected chi connectivity index (χ4v) is 12.1. The Kier molecular flexibility index (Phi) is 6.65. The molecular weight excluding hydrogens is 645 g/mol. The average molecular weight is 682 g/mol. The fraction of sp³-hybridized carbons (Fsp3) is 0.0612. The van der Waals surface area contributed by atoms with E-state index >= 15 is 0 Å². The molecule has 10 rings (SSSR count). The van der Waals surface area contributed by atoms with Gasteiger partial charge in [0.1, 0.15) is 8.07 Å². The predicted octanol–water partition coefficient (Wildman–Crippen LogP) is 10.6. The van der Waals surface area contributed by atoms with Gasteiger partial charge in [-0.25, -0.2) is 9.97 Å². The standard InChI is InChI=1S/C49H36N2Si/c1-52(2)46-27-14-13-26-42(46)49(40-24-11-9-22-38(40)39-23-10-12-25-41(39)49)43-31-36(28-29-47(43)52)45-32-44(34-18-7-4-8-19-34)50-48(51-45)37-21-15-20-35(30-37)33-16-5-3-6-17-33/h3-32H,1-2H3/i15D. The Labute approximate surface area is 307 Å². The van der Waals surface area contributed by atoms with Crippen molar-refractivity contribution < 1.29 is 1.37 Å². The lowest BCUT2D eigenvalue weighted by Gasteiger charge is -2.46. The van der Waals surface area contributed by atoms with Gasteiger partial charge < -0.3 is 0 Å². The monoisotopic (exact) mass is 681 g/mol. The van der Waals surface area contributed by atoms with Gasteiger partial charge in [-0.15, -0.1) is 0 Å². The van der Waals surface area contributed by atoms with Crippen LogP contribution in [0.2, 0.25) is 13.1 Å². The van der Waals surface area contributed by atoms with Gasteiger partial charge in [0.05, 0.1) is 18.2 Å². The van der Waals surface area contributed by atoms with Crippen LogP contribution in [0, 0.1) is 0 Å². The van der Waals surface area contributed by atoms with Gasteiger partial charge in [-0.3, -0.25) is 0 Å². The first-order valence-corrected chi connectivity index (χ1v) is 21.0. The number of fused-ring (bicyclic) bond motifs is 9. The zero-order valence-electron chi connectivity index (χ0n) is 30.1. The minimum absolute atomic E-state index is 0.428. The van der Waals surface area contributed by atoms with Crippen molar-refractivity contribution in [1.29, 1.82) is 0 Å². The molecule has 8 aromatic rings. The number of aromatic nitrogens is 2. The third-order valence-corrected chi connectivity index (χ3v) is 14.9. The summed E-state index contributed by atoms with van der Waals surface area (Å²) in [5.74, 6) is 0.608. The SMILES string of the molecule is [2H]c1cc(-c2ccccc2)cc(-c2nc(-c3ccccc3)cc(-c3ccc4c(c3)C3(c5ccccc5-c5ccccc53)c3ccccc3[Si]4(C)C)n2)c1. The summed E-state index contributed by atoms with van der Waals surface area (Å²) in [5.41, 5.74) is 14.2. The van der Waals surface area contributed by atoms with Crippen molar-refractivity contribution in [2.75, 3.05) is 0 Å². The van der Waals surface area contributed by atoms with Crippen molar-refractivity contribution in [3.8, 4) is 56.2 Å². The molecule has 1 aromatic heterocycles. The van der Waals surface area contributed by atoms with Crippen LogP contribution >= 0.6 is 0 Å². The van der Waals surface area contributed by atoms with Crippen LogP contribution in [-0.2, 0) is 5.41 Å². The number of hydrogen-bond acceptors (Lipinski definition) is 2. The second kappa shape index (κ2) is 11.7. The summed E-state index contributed by atoms with van der Waals surface area (Å²) >= 11 is 0. The Morgan fingerprint density at radius 1 is 0.423 bits per heavy atom. The molecule has 0 amide bonds. The second-order valence-corrected chi connectivity index (χ2v) is 18.8. The lowest BCUT2D eigenvalue weighted by molar-refractivity contribution is 0.773. The number of nitrogens with zero attached hydrogens (tertiary/aromatic N) is 2. The maximum atomic E-state index is 8.77. The largest absolute Gasteiger partial charge is 0.228 e. The summed E-state index contributed by atoms with van der Waals surface area (Å²) in [6, 6.07) is 63.4. The zero-order chi connectivity index (χ0) is 35.7. The van der Waals surface area contributed by atoms with Crippen molar-refractivity contribution in [3.05, 3.63) is 204 Å². The molecule has 1 aliphatic carbocycles. The highest BCUT2D eigenvalue weighted by Crippen LogP contribution is 2.57. The minimum Gasteiger partial charge on any atom is -0.228 e. The van der Waals surface area contributed by atoms with Crippen molar-refractivity contribution in [2.24, 2.45) is 0 Å². The molecule has 0 bridgehead atoms. The molecule has 0 saturated heterocycles. The Morgan fingerprint density at radius 3 is 1.65 bits per heavy atom. The van der Waals surface area contributed by atoms with E-state index in [-0.39, 0.29) is 0 Å². The molecule has 0 saturated carbocycles. The predicted molar refractivity (Wildman–Crippen MR) is 218 cm³/mol. The minimum atomic E-state index is -2.12. The van der Waals surface area contributed by atoms with E-state index in [0.29, 0.717) is 11.9 Å². The van der Waals surface area contributed by atoms with Gasteiger partial charge in [0.2, 0.25) is 0 Å². The molecule has 2 heterocycles. The summed E-state index contributed by atoms with van der Waals surface area (Å²) in [6.07, 6.45) is 0. The molecule has 2 aliphatic rings. The average Bonchev–Trinajstić information content (AvgIpc) is 3.51. The Bertz CT molecular complexity index is 2670. The summed E-state index contributed by atoms with van der Waals surface area (Å²) in [5, 5.41) is 2.95. The van der Waals surface area contributed by atoms with Crippen molar-refractivity contribution in [2.45, 2.75) is 18.5 Å². The van der Waals surface area contributed by atoms with Crippen LogP contribution in [0.4, 0.5) is 0 Å². The molecule has 0 fully saturated rings. The van der Waals surface area contributed by atoms with E-state index in [4.69, 9.17) is 11.3 Å². The van der Waals surface area contributed by atoms with Crippen LogP contribution in [-0.4, -0.2) is 18.0 Å². The molecule has 0 unspecified atom stereocenters. The van der Waals surface area contributed by atoms with Gasteiger partial charge in [0.15, 0.2) is 5.82 Å². The van der Waals surface area contributed by atoms with Gasteiger partial charge in [-0.05, 0) is 73.1 Å². The Morgan fingerprint density at radius 2 is 0.962 bits per heavy atom. The molecule has 1 aliphatic heterocycles. The molecule has 0 radical (unpaired) electrons. The third-order valence-electron chi connectivity index (χ3n) is 11.3. The van der Waals surface area contributed by atoms with Crippen LogP contribution in [0.3, 0.4) is 0 Å². The van der Waals surface area contributed by atoms with Crippen LogP contribution < -0.4 is 10.4 Å². The molecule has 2 nitrogen and oxygen atoms in total. The lowest BCUT2D eigenvalue weighted by Crippen LogP contribution is -2.63. The van der Waals surface area contributed by atoms with Gasteiger partial charge in [0, 0.05) is 16.7 Å². The number of benzene rings is 7. The molecule has 0 atom stereocenters. The van der Waals surface area contributed by atoms with E-state index in [1.807, 2.05) is 36.4 Å². The molecule has 246 valence electrons. The Balaban J connectivity index is 1.24. The van der Waals surface area contributed by atoms with Crippen molar-refractivity contribution >= 4 is 18.4 Å². The van der Waals surface area contributed by atoms with Crippen LogP contribution in [0.5, 0.6) is 0 Å². The van der Waals surface area contributed by atoms with Gasteiger partial charge >= 0.3 is 0 Å². The molecule has 1 spiro atoms. The van der Waals surface area contributed by atoms with Gasteiger partial charge in [-0.1, -0.05) is 177 Å². The first-order valence-electron chi connectivity index (χ1n) is 18.5. The molecular formula is C49H36N2Si. The van der Waals surface area contributed by atoms with Gasteiger partial charge in [0.25, 0.3) is 0 Å². The Hall–Kier alpha value is -6.16. The maximum Gasteiger partial charge on any atom is 0.160 e. The van der Waals surface area contributed by atoms with Crippen LogP contribution in [0.15, 0.2) is 182 Å². The normalized spacial score (nSPS) is 14.5. The second-order valence-electron chi connectivity index (χ2n) is 14.5. The molecule has 3 heteroatoms. The van der Waals surface area contributed by atoms with Crippen molar-refractivity contribution in [3.63, 3.8) is 0 Å². The number of rotatable bonds is 4. The maximum absolute atomic E-state index is 8.77. The fourth-order valence-electron chi connectivity index (χ4n) is 8.90. The van der Waals surface area contributed by atoms with E-state index < -0.39 is 13.5 Å². The van der Waals surface area contributed by atoms with Crippen molar-refractivity contribution in [1.82, 2.24) is 9.97 Å². The van der Waals surface area contributed by atoms with Crippen LogP contribution in [0.25, 0.3) is 56.2 Å². The smallest absolute Gasteiger partial charge is 0.160 e. The van der Waals surface area contributed by atoms with E-state index in [1.165, 1.54) is 43.8 Å². The zero-order valence-corrected chi connectivity index (χ0v) is 30.1. The quantitative estimate of drug-likeness (QED) is 0.173. The summed E-state index contributed by atoms with van der Waals surface area (Å²) in [6.45, 7) is 5.00. The first kappa shape index (κ1) is 29.6. The van der Waals surface area contributed by atoms with Gasteiger partial charge in [-0.2, -0.15) is 0 Å². The highest BCUT2D eigenvalue weighted by atomic mass is 28.3. The van der Waals surface area contributed by atoms with E-state index in [9.17, 15) is 0 Å². The van der Waals surface area contributed by atoms with Crippen LogP contribution in [0.1, 0.15) is 23.6 Å². The number of hydrogen-bond donors (Lipinski definition) is 0. The molecule has 0 N–H and O–H groups in total. The summed E-state index contributed by atoms with van der Waals surface area (Å²) in [4.78, 5) is 10.5. The highest BCUT2D eigenvalue weighted by Gasteiger charge is 2.53. The summed E-state index contributed by atoms with van der Waals surface area (Å²) < 4.78 is 8.77. The topological polar surface area (TPSA) is 25.8 Å².